The molecule has 0 aliphatic carbocycles. The van der Waals surface area contributed by atoms with Crippen molar-refractivity contribution >= 4 is 34.9 Å². The lowest BCUT2D eigenvalue weighted by molar-refractivity contribution is 0.0472. The minimum atomic E-state index is -0.439. The number of nitrogen functional groups attached to an aromatic ring is 1. The van der Waals surface area contributed by atoms with Crippen molar-refractivity contribution in [1.82, 2.24) is 0 Å². The lowest BCUT2D eigenvalue weighted by atomic mass is 10.1. The minimum Gasteiger partial charge on any atom is -0.457 e. The van der Waals surface area contributed by atoms with E-state index in [4.69, 9.17) is 33.7 Å². The van der Waals surface area contributed by atoms with E-state index in [-0.39, 0.29) is 6.61 Å². The van der Waals surface area contributed by atoms with Gasteiger partial charge in [0.15, 0.2) is 0 Å². The summed E-state index contributed by atoms with van der Waals surface area (Å²) in [5.41, 5.74) is 8.13. The molecule has 0 spiro atoms. The molecule has 2 rings (SSSR count). The molecule has 3 nitrogen and oxygen atoms in total. The Balaban J connectivity index is 2.13. The first-order chi connectivity index (χ1) is 9.49. The van der Waals surface area contributed by atoms with Crippen LogP contribution in [0.2, 0.25) is 10.0 Å². The van der Waals surface area contributed by atoms with Gasteiger partial charge in [0.05, 0.1) is 5.56 Å². The molecule has 0 heterocycles. The molecule has 0 aliphatic rings. The van der Waals surface area contributed by atoms with Gasteiger partial charge in [0.1, 0.15) is 6.61 Å². The molecule has 2 aromatic carbocycles. The fourth-order valence-corrected chi connectivity index (χ4v) is 2.12. The Hall–Kier alpha value is -1.71. The Bertz CT molecular complexity index is 656. The van der Waals surface area contributed by atoms with Crippen LogP contribution in [0.1, 0.15) is 21.5 Å². The van der Waals surface area contributed by atoms with E-state index in [9.17, 15) is 4.79 Å². The van der Waals surface area contributed by atoms with Crippen LogP contribution in [0.15, 0.2) is 36.4 Å². The predicted molar refractivity (Wildman–Crippen MR) is 81.2 cm³/mol. The van der Waals surface area contributed by atoms with E-state index in [0.717, 1.165) is 0 Å². The molecule has 0 saturated heterocycles. The number of ether oxygens (including phenoxy) is 1. The van der Waals surface area contributed by atoms with Crippen molar-refractivity contribution in [2.75, 3.05) is 5.73 Å². The summed E-state index contributed by atoms with van der Waals surface area (Å²) < 4.78 is 5.25. The molecule has 2 aromatic rings. The van der Waals surface area contributed by atoms with Gasteiger partial charge < -0.3 is 10.5 Å². The van der Waals surface area contributed by atoms with Crippen molar-refractivity contribution in [2.24, 2.45) is 0 Å². The molecule has 0 unspecified atom stereocenters. The van der Waals surface area contributed by atoms with E-state index in [1.54, 1.807) is 43.3 Å². The van der Waals surface area contributed by atoms with Gasteiger partial charge in [-0.25, -0.2) is 4.79 Å². The molecule has 0 aromatic heterocycles. The molecule has 5 heteroatoms. The van der Waals surface area contributed by atoms with Crippen LogP contribution in [0.5, 0.6) is 0 Å². The zero-order chi connectivity index (χ0) is 14.7. The van der Waals surface area contributed by atoms with Gasteiger partial charge in [-0.1, -0.05) is 29.3 Å². The molecule has 0 atom stereocenters. The number of carbonyl (C=O) groups is 1. The number of hydrogen-bond acceptors (Lipinski definition) is 3. The van der Waals surface area contributed by atoms with Crippen LogP contribution in [-0.4, -0.2) is 5.97 Å². The van der Waals surface area contributed by atoms with Crippen molar-refractivity contribution in [1.29, 1.82) is 0 Å². The first-order valence-electron chi connectivity index (χ1n) is 5.95. The lowest BCUT2D eigenvalue weighted by Crippen LogP contribution is -2.08. The fourth-order valence-electron chi connectivity index (χ4n) is 1.75. The number of halogens is 2. The summed E-state index contributed by atoms with van der Waals surface area (Å²) in [4.78, 5) is 12.0. The summed E-state index contributed by atoms with van der Waals surface area (Å²) in [6.07, 6.45) is 0. The summed E-state index contributed by atoms with van der Waals surface area (Å²) in [6.45, 7) is 1.84. The first-order valence-corrected chi connectivity index (χ1v) is 6.71. The number of rotatable bonds is 3. The van der Waals surface area contributed by atoms with Gasteiger partial charge >= 0.3 is 5.97 Å². The number of esters is 1. The van der Waals surface area contributed by atoms with Gasteiger partial charge in [0, 0.05) is 21.3 Å². The van der Waals surface area contributed by atoms with Gasteiger partial charge in [0.25, 0.3) is 0 Å². The third kappa shape index (κ3) is 3.24. The Morgan fingerprint density at radius 2 is 2.00 bits per heavy atom. The molecule has 0 aliphatic heterocycles. The largest absolute Gasteiger partial charge is 0.457 e. The number of nitrogens with two attached hydrogens (primary N) is 1. The van der Waals surface area contributed by atoms with Crippen LogP contribution < -0.4 is 5.73 Å². The summed E-state index contributed by atoms with van der Waals surface area (Å²) in [6, 6.07) is 10.1. The van der Waals surface area contributed by atoms with Crippen LogP contribution >= 0.6 is 23.2 Å². The molecule has 0 amide bonds. The lowest BCUT2D eigenvalue weighted by Gasteiger charge is -2.10. The summed E-state index contributed by atoms with van der Waals surface area (Å²) in [5.74, 6) is -0.439. The molecular formula is C15H13Cl2NO2. The second kappa shape index (κ2) is 6.16. The molecule has 0 bridgehead atoms. The van der Waals surface area contributed by atoms with Crippen molar-refractivity contribution < 1.29 is 9.53 Å². The van der Waals surface area contributed by atoms with E-state index < -0.39 is 5.97 Å². The third-order valence-corrected chi connectivity index (χ3v) is 3.57. The molecule has 2 N–H and O–H groups in total. The van der Waals surface area contributed by atoms with Crippen LogP contribution in [0.4, 0.5) is 5.69 Å². The van der Waals surface area contributed by atoms with Crippen molar-refractivity contribution in [2.45, 2.75) is 13.5 Å². The average Bonchev–Trinajstić information content (AvgIpc) is 2.42. The number of carbonyl (C=O) groups excluding carboxylic acids is 1. The Morgan fingerprint density at radius 1 is 1.25 bits per heavy atom. The maximum absolute atomic E-state index is 12.0. The number of hydrogen-bond donors (Lipinski definition) is 1. The van der Waals surface area contributed by atoms with Gasteiger partial charge in [-0.3, -0.25) is 0 Å². The first kappa shape index (κ1) is 14.7. The summed E-state index contributed by atoms with van der Waals surface area (Å²) in [7, 11) is 0. The second-order valence-corrected chi connectivity index (χ2v) is 5.18. The van der Waals surface area contributed by atoms with Gasteiger partial charge in [-0.15, -0.1) is 0 Å². The van der Waals surface area contributed by atoms with E-state index in [2.05, 4.69) is 0 Å². The standard InChI is InChI=1S/C15H13Cl2NO2/c1-9-12(3-2-4-14(9)18)15(19)20-8-10-7-11(16)5-6-13(10)17/h2-7H,8,18H2,1H3. The van der Waals surface area contributed by atoms with E-state index in [0.29, 0.717) is 32.4 Å². The zero-order valence-electron chi connectivity index (χ0n) is 10.8. The van der Waals surface area contributed by atoms with Crippen LogP contribution in [0.25, 0.3) is 0 Å². The third-order valence-electron chi connectivity index (χ3n) is 2.96. The maximum Gasteiger partial charge on any atom is 0.338 e. The van der Waals surface area contributed by atoms with Crippen molar-refractivity contribution in [3.63, 3.8) is 0 Å². The Kier molecular flexibility index (Phi) is 4.53. The monoisotopic (exact) mass is 309 g/mol. The SMILES string of the molecule is Cc1c(N)cccc1C(=O)OCc1cc(Cl)ccc1Cl. The zero-order valence-corrected chi connectivity index (χ0v) is 12.3. The molecule has 0 radical (unpaired) electrons. The smallest absolute Gasteiger partial charge is 0.338 e. The summed E-state index contributed by atoms with van der Waals surface area (Å²) in [5, 5.41) is 1.05. The number of anilines is 1. The highest BCUT2D eigenvalue weighted by Gasteiger charge is 2.13. The normalized spacial score (nSPS) is 10.3. The van der Waals surface area contributed by atoms with E-state index in [1.807, 2.05) is 0 Å². The molecule has 0 saturated carbocycles. The summed E-state index contributed by atoms with van der Waals surface area (Å²) >= 11 is 11.9. The van der Waals surface area contributed by atoms with E-state index >= 15 is 0 Å². The molecule has 0 fully saturated rings. The van der Waals surface area contributed by atoms with Gasteiger partial charge in [-0.05, 0) is 42.8 Å². The average molecular weight is 310 g/mol. The van der Waals surface area contributed by atoms with Crippen LogP contribution in [-0.2, 0) is 11.3 Å². The van der Waals surface area contributed by atoms with Gasteiger partial charge in [-0.2, -0.15) is 0 Å². The maximum atomic E-state index is 12.0. The van der Waals surface area contributed by atoms with Crippen molar-refractivity contribution in [3.05, 3.63) is 63.1 Å². The molecule has 20 heavy (non-hydrogen) atoms. The number of benzene rings is 2. The van der Waals surface area contributed by atoms with Crippen LogP contribution in [0, 0.1) is 6.92 Å². The Labute approximate surface area is 127 Å². The quantitative estimate of drug-likeness (QED) is 0.681. The topological polar surface area (TPSA) is 52.3 Å². The molecule has 104 valence electrons. The predicted octanol–water partition coefficient (Wildman–Crippen LogP) is 4.24. The van der Waals surface area contributed by atoms with Gasteiger partial charge in [0.2, 0.25) is 0 Å². The molecular weight excluding hydrogens is 297 g/mol. The van der Waals surface area contributed by atoms with Crippen LogP contribution in [0.3, 0.4) is 0 Å². The fraction of sp³-hybridized carbons (Fsp3) is 0.133. The minimum absolute atomic E-state index is 0.0620. The van der Waals surface area contributed by atoms with Crippen molar-refractivity contribution in [3.8, 4) is 0 Å². The highest BCUT2D eigenvalue weighted by Crippen LogP contribution is 2.22. The second-order valence-electron chi connectivity index (χ2n) is 4.33. The highest BCUT2D eigenvalue weighted by molar-refractivity contribution is 6.33. The van der Waals surface area contributed by atoms with E-state index in [1.165, 1.54) is 0 Å². The highest BCUT2D eigenvalue weighted by atomic mass is 35.5. The Morgan fingerprint density at radius 3 is 2.75 bits per heavy atom.